The number of phenolic OH excluding ortho intramolecular Hbond substituents is 1. The average molecular weight is 352 g/mol. The number of ether oxygens (including phenoxy) is 2. The van der Waals surface area contributed by atoms with Gasteiger partial charge in [-0.2, -0.15) is 0 Å². The first-order valence-electron chi connectivity index (χ1n) is 9.20. The summed E-state index contributed by atoms with van der Waals surface area (Å²) in [7, 11) is 0. The Bertz CT molecular complexity index is 670. The van der Waals surface area contributed by atoms with Gasteiger partial charge < -0.3 is 14.6 Å². The summed E-state index contributed by atoms with van der Waals surface area (Å²) in [6, 6.07) is 15.2. The third-order valence-electron chi connectivity index (χ3n) is 3.80. The molecule has 0 aliphatic rings. The molecule has 0 amide bonds. The predicted octanol–water partition coefficient (Wildman–Crippen LogP) is 5.70. The molecule has 26 heavy (non-hydrogen) atoms. The van der Waals surface area contributed by atoms with Crippen molar-refractivity contribution in [3.05, 3.63) is 71.8 Å². The minimum Gasteiger partial charge on any atom is -0.508 e. The molecule has 3 heteroatoms. The normalized spacial score (nSPS) is 11.4. The number of unbranched alkanes of at least 4 members (excludes halogenated alkanes) is 1. The lowest BCUT2D eigenvalue weighted by atomic mass is 10.1. The van der Waals surface area contributed by atoms with Crippen LogP contribution < -0.4 is 4.74 Å². The second-order valence-corrected chi connectivity index (χ2v) is 6.02. The van der Waals surface area contributed by atoms with Crippen LogP contribution in [0.1, 0.15) is 37.3 Å². The molecule has 2 aromatic rings. The van der Waals surface area contributed by atoms with Crippen LogP contribution in [0.15, 0.2) is 60.7 Å². The van der Waals surface area contributed by atoms with Gasteiger partial charge in [-0.3, -0.25) is 0 Å². The highest BCUT2D eigenvalue weighted by molar-refractivity contribution is 5.53. The Morgan fingerprint density at radius 2 is 1.42 bits per heavy atom. The van der Waals surface area contributed by atoms with E-state index in [1.165, 1.54) is 0 Å². The Morgan fingerprint density at radius 3 is 2.04 bits per heavy atom. The van der Waals surface area contributed by atoms with Gasteiger partial charge in [0.15, 0.2) is 0 Å². The Hall–Kier alpha value is -2.52. The lowest BCUT2D eigenvalue weighted by Gasteiger charge is -2.07. The largest absolute Gasteiger partial charge is 0.508 e. The van der Waals surface area contributed by atoms with Gasteiger partial charge >= 0.3 is 0 Å². The van der Waals surface area contributed by atoms with E-state index in [0.29, 0.717) is 19.0 Å². The summed E-state index contributed by atoms with van der Waals surface area (Å²) in [5.41, 5.74) is 2.23. The van der Waals surface area contributed by atoms with E-state index in [-0.39, 0.29) is 0 Å². The van der Waals surface area contributed by atoms with Gasteiger partial charge in [0.05, 0.1) is 6.61 Å². The van der Waals surface area contributed by atoms with Crippen molar-refractivity contribution in [2.24, 2.45) is 0 Å². The molecular weight excluding hydrogens is 324 g/mol. The first-order chi connectivity index (χ1) is 12.8. The van der Waals surface area contributed by atoms with Gasteiger partial charge in [-0.15, -0.1) is 0 Å². The maximum Gasteiger partial charge on any atom is 0.119 e. The van der Waals surface area contributed by atoms with Gasteiger partial charge in [-0.1, -0.05) is 61.9 Å². The van der Waals surface area contributed by atoms with E-state index in [1.807, 2.05) is 42.5 Å². The number of phenols is 1. The minimum absolute atomic E-state index is 0.290. The summed E-state index contributed by atoms with van der Waals surface area (Å²) in [5, 5.41) is 9.25. The van der Waals surface area contributed by atoms with Crippen molar-refractivity contribution in [1.29, 1.82) is 0 Å². The zero-order valence-electron chi connectivity index (χ0n) is 15.4. The molecule has 0 atom stereocenters. The first kappa shape index (κ1) is 19.8. The fourth-order valence-electron chi connectivity index (χ4n) is 2.31. The lowest BCUT2D eigenvalue weighted by molar-refractivity contribution is 0.0980. The van der Waals surface area contributed by atoms with Gasteiger partial charge in [-0.25, -0.2) is 0 Å². The molecule has 0 aliphatic heterocycles. The number of benzene rings is 2. The standard InChI is InChI=1S/C23H28O3/c1-2-3-17-25-18-19-26-23-15-11-21(12-16-23)8-6-4-5-7-20-9-13-22(24)14-10-20/h5-16,24H,2-4,17-19H2,1H3. The summed E-state index contributed by atoms with van der Waals surface area (Å²) in [6.45, 7) is 4.18. The third-order valence-corrected chi connectivity index (χ3v) is 3.80. The molecule has 0 bridgehead atoms. The summed E-state index contributed by atoms with van der Waals surface area (Å²) in [4.78, 5) is 0. The van der Waals surface area contributed by atoms with Gasteiger partial charge in [-0.05, 0) is 48.2 Å². The summed E-state index contributed by atoms with van der Waals surface area (Å²) < 4.78 is 11.1. The molecule has 1 N–H and O–H groups in total. The van der Waals surface area contributed by atoms with E-state index in [9.17, 15) is 5.11 Å². The van der Waals surface area contributed by atoms with E-state index in [4.69, 9.17) is 9.47 Å². The monoisotopic (exact) mass is 352 g/mol. The second kappa shape index (κ2) is 11.9. The average Bonchev–Trinajstić information content (AvgIpc) is 2.67. The molecular formula is C23H28O3. The van der Waals surface area contributed by atoms with Gasteiger partial charge in [0.25, 0.3) is 0 Å². The zero-order chi connectivity index (χ0) is 18.5. The highest BCUT2D eigenvalue weighted by atomic mass is 16.5. The Morgan fingerprint density at radius 1 is 0.808 bits per heavy atom. The molecule has 2 aromatic carbocycles. The van der Waals surface area contributed by atoms with Crippen LogP contribution in [-0.2, 0) is 4.74 Å². The van der Waals surface area contributed by atoms with Gasteiger partial charge in [0.2, 0.25) is 0 Å². The molecule has 0 heterocycles. The van der Waals surface area contributed by atoms with Crippen molar-refractivity contribution >= 4 is 12.2 Å². The zero-order valence-corrected chi connectivity index (χ0v) is 15.4. The number of allylic oxidation sites excluding steroid dienone is 2. The van der Waals surface area contributed by atoms with E-state index < -0.39 is 0 Å². The van der Waals surface area contributed by atoms with Crippen LogP contribution in [0, 0.1) is 0 Å². The Kier molecular flexibility index (Phi) is 9.09. The number of rotatable bonds is 11. The molecule has 0 fully saturated rings. The van der Waals surface area contributed by atoms with Crippen molar-refractivity contribution in [2.45, 2.75) is 26.2 Å². The van der Waals surface area contributed by atoms with Crippen LogP contribution in [0.4, 0.5) is 0 Å². The molecule has 0 radical (unpaired) electrons. The summed E-state index contributed by atoms with van der Waals surface area (Å²) in [5.74, 6) is 1.16. The third kappa shape index (κ3) is 8.04. The van der Waals surface area contributed by atoms with Crippen LogP contribution in [0.2, 0.25) is 0 Å². The van der Waals surface area contributed by atoms with Crippen LogP contribution in [0.25, 0.3) is 12.2 Å². The molecule has 0 saturated carbocycles. The van der Waals surface area contributed by atoms with Crippen molar-refractivity contribution < 1.29 is 14.6 Å². The second-order valence-electron chi connectivity index (χ2n) is 6.02. The van der Waals surface area contributed by atoms with E-state index in [2.05, 4.69) is 25.2 Å². The van der Waals surface area contributed by atoms with Crippen LogP contribution in [-0.4, -0.2) is 24.9 Å². The van der Waals surface area contributed by atoms with Crippen LogP contribution in [0.5, 0.6) is 11.5 Å². The topological polar surface area (TPSA) is 38.7 Å². The Balaban J connectivity index is 1.67. The van der Waals surface area contributed by atoms with E-state index >= 15 is 0 Å². The molecule has 2 rings (SSSR count). The summed E-state index contributed by atoms with van der Waals surface area (Å²) in [6.07, 6.45) is 11.5. The maximum absolute atomic E-state index is 9.25. The number of hydrogen-bond donors (Lipinski definition) is 1. The molecule has 138 valence electrons. The first-order valence-corrected chi connectivity index (χ1v) is 9.20. The number of hydrogen-bond acceptors (Lipinski definition) is 3. The fourth-order valence-corrected chi connectivity index (χ4v) is 2.31. The van der Waals surface area contributed by atoms with Crippen molar-refractivity contribution in [1.82, 2.24) is 0 Å². The number of aromatic hydroxyl groups is 1. The predicted molar refractivity (Wildman–Crippen MR) is 108 cm³/mol. The molecule has 0 saturated heterocycles. The smallest absolute Gasteiger partial charge is 0.119 e. The molecule has 0 aliphatic carbocycles. The molecule has 0 aromatic heterocycles. The fraction of sp³-hybridized carbons (Fsp3) is 0.304. The molecule has 0 spiro atoms. The van der Waals surface area contributed by atoms with Crippen LogP contribution in [0.3, 0.4) is 0 Å². The maximum atomic E-state index is 9.25. The minimum atomic E-state index is 0.290. The molecule has 3 nitrogen and oxygen atoms in total. The van der Waals surface area contributed by atoms with Crippen molar-refractivity contribution in [3.63, 3.8) is 0 Å². The SMILES string of the molecule is CCCCOCCOc1ccc(C=CCC=Cc2ccc(O)cc2)cc1. The summed E-state index contributed by atoms with van der Waals surface area (Å²) >= 11 is 0. The highest BCUT2D eigenvalue weighted by Crippen LogP contribution is 2.14. The quantitative estimate of drug-likeness (QED) is 0.527. The van der Waals surface area contributed by atoms with Crippen molar-refractivity contribution in [2.75, 3.05) is 19.8 Å². The van der Waals surface area contributed by atoms with E-state index in [1.54, 1.807) is 12.1 Å². The Labute approximate surface area is 156 Å². The molecule has 0 unspecified atom stereocenters. The van der Waals surface area contributed by atoms with Gasteiger partial charge in [0.1, 0.15) is 18.1 Å². The van der Waals surface area contributed by atoms with Gasteiger partial charge in [0, 0.05) is 6.61 Å². The van der Waals surface area contributed by atoms with E-state index in [0.717, 1.165) is 42.7 Å². The highest BCUT2D eigenvalue weighted by Gasteiger charge is 1.94. The van der Waals surface area contributed by atoms with Crippen molar-refractivity contribution in [3.8, 4) is 11.5 Å². The van der Waals surface area contributed by atoms with Crippen LogP contribution >= 0.6 is 0 Å². The lowest BCUT2D eigenvalue weighted by Crippen LogP contribution is -2.07.